The van der Waals surface area contributed by atoms with Gasteiger partial charge in [-0.25, -0.2) is 5.14 Å². The molecule has 0 saturated carbocycles. The molecule has 0 bridgehead atoms. The molecule has 0 aliphatic rings. The lowest BCUT2D eigenvalue weighted by Crippen LogP contribution is -2.21. The highest BCUT2D eigenvalue weighted by Gasteiger charge is 2.04. The topological polar surface area (TPSA) is 92.5 Å². The van der Waals surface area contributed by atoms with Crippen molar-refractivity contribution in [3.63, 3.8) is 0 Å². The van der Waals surface area contributed by atoms with Crippen LogP contribution in [0.5, 0.6) is 0 Å². The van der Waals surface area contributed by atoms with Crippen molar-refractivity contribution in [1.29, 1.82) is 0 Å². The average Bonchev–Trinajstić information content (AvgIpc) is 1.59. The van der Waals surface area contributed by atoms with Crippen LogP contribution in [0.1, 0.15) is 13.3 Å². The largest absolute Gasteiger partial charge is 0.328 e. The summed E-state index contributed by atoms with van der Waals surface area (Å²) in [6.45, 7) is 1.80. The Bertz CT molecular complexity index is 81.1. The van der Waals surface area contributed by atoms with Gasteiger partial charge in [0.25, 0.3) is 0 Å². The van der Waals surface area contributed by atoms with Gasteiger partial charge in [-0.05, 0) is 13.3 Å². The molecule has 58 valence electrons. The summed E-state index contributed by atoms with van der Waals surface area (Å²) in [5, 5.41) is 4.92. The summed E-state index contributed by atoms with van der Waals surface area (Å²) in [5.41, 5.74) is 5.34. The van der Waals surface area contributed by atoms with E-state index in [2.05, 4.69) is 0 Å². The number of rotatable bonds is 3. The lowest BCUT2D eigenvalue weighted by molar-refractivity contribution is 0.483. The summed E-state index contributed by atoms with van der Waals surface area (Å²) in [6, 6.07) is -0.0141. The number of nitrogens with two attached hydrogens (primary N) is 2. The molecule has 0 aromatic carbocycles. The van der Waals surface area contributed by atoms with Crippen LogP contribution in [0.3, 0.4) is 0 Å². The van der Waals surface area contributed by atoms with Crippen molar-refractivity contribution in [2.45, 2.75) is 19.4 Å². The Labute approximate surface area is 56.7 Å². The fraction of sp³-hybridized carbons (Fsp3) is 1.00. The summed E-state index contributed by atoms with van der Waals surface area (Å²) < 4.78 is 17.3. The molecule has 0 amide bonds. The monoisotopic (exact) mass is 154 g/mol. The Morgan fingerprint density at radius 3 is 2.11 bits per heavy atom. The van der Waals surface area contributed by atoms with Gasteiger partial charge in [0.05, 0.1) is 5.75 Å². The molecule has 0 saturated heterocycles. The van der Waals surface area contributed by atoms with Gasteiger partial charge in [-0.2, -0.15) is 0 Å². The van der Waals surface area contributed by atoms with Gasteiger partial charge in [0.15, 0.2) is 0 Å². The summed E-state index contributed by atoms with van der Waals surface area (Å²) in [4.78, 5) is 0. The van der Waals surface area contributed by atoms with E-state index in [1.165, 1.54) is 0 Å². The molecule has 0 aromatic rings. The third-order valence-electron chi connectivity index (χ3n) is 0.874. The van der Waals surface area contributed by atoms with Crippen molar-refractivity contribution in [3.8, 4) is 0 Å². The maximum atomic E-state index is 8.63. The maximum Gasteiger partial charge on any atom is 0.0540 e. The molecule has 0 aliphatic carbocycles. The second-order valence-corrected chi connectivity index (χ2v) is 4.03. The average molecular weight is 154 g/mol. The molecule has 0 radical (unpaired) electrons. The predicted molar refractivity (Wildman–Crippen MR) is 40.2 cm³/mol. The minimum Gasteiger partial charge on any atom is -0.328 e. The van der Waals surface area contributed by atoms with Gasteiger partial charge in [0.1, 0.15) is 0 Å². The van der Waals surface area contributed by atoms with Gasteiger partial charge in [-0.3, -0.25) is 9.11 Å². The zero-order chi connectivity index (χ0) is 7.49. The molecule has 4 nitrogen and oxygen atoms in total. The molecule has 5 heteroatoms. The molecule has 1 unspecified atom stereocenters. The SMILES string of the molecule is CC(N)CCS(N)(O)O. The zero-order valence-electron chi connectivity index (χ0n) is 5.45. The van der Waals surface area contributed by atoms with Crippen LogP contribution in [0.15, 0.2) is 0 Å². The molecular weight excluding hydrogens is 140 g/mol. The molecule has 0 spiro atoms. The molecule has 1 atom stereocenters. The molecule has 0 aliphatic heterocycles. The van der Waals surface area contributed by atoms with Gasteiger partial charge < -0.3 is 5.73 Å². The van der Waals surface area contributed by atoms with Crippen molar-refractivity contribution in [2.75, 3.05) is 5.75 Å². The van der Waals surface area contributed by atoms with Crippen molar-refractivity contribution in [2.24, 2.45) is 10.9 Å². The second kappa shape index (κ2) is 3.38. The van der Waals surface area contributed by atoms with Crippen LogP contribution in [0.25, 0.3) is 0 Å². The van der Waals surface area contributed by atoms with E-state index in [9.17, 15) is 0 Å². The quantitative estimate of drug-likeness (QED) is 0.472. The van der Waals surface area contributed by atoms with Crippen LogP contribution in [0.4, 0.5) is 0 Å². The molecular formula is C4H14N2O2S. The predicted octanol–water partition coefficient (Wildman–Crippen LogP) is 0.348. The first-order valence-electron chi connectivity index (χ1n) is 2.71. The highest BCUT2D eigenvalue weighted by atomic mass is 32.3. The number of hydrogen-bond donors (Lipinski definition) is 4. The lowest BCUT2D eigenvalue weighted by atomic mass is 10.3. The molecule has 0 heterocycles. The van der Waals surface area contributed by atoms with E-state index >= 15 is 0 Å². The van der Waals surface area contributed by atoms with Crippen molar-refractivity contribution < 1.29 is 9.11 Å². The third-order valence-corrected chi connectivity index (χ3v) is 1.71. The van der Waals surface area contributed by atoms with E-state index in [1.54, 1.807) is 6.92 Å². The maximum absolute atomic E-state index is 8.63. The van der Waals surface area contributed by atoms with Gasteiger partial charge >= 0.3 is 0 Å². The minimum absolute atomic E-state index is 0.0141. The Hall–Kier alpha value is 0.190. The van der Waals surface area contributed by atoms with Crippen LogP contribution >= 0.6 is 10.8 Å². The third kappa shape index (κ3) is 8.19. The summed E-state index contributed by atoms with van der Waals surface area (Å²) in [7, 11) is -2.80. The molecule has 6 N–H and O–H groups in total. The standard InChI is InChI=1S/C4H14N2O2S/c1-4(5)2-3-9(6,7)8/h4,7-8H,2-3,5-6H2,1H3. The van der Waals surface area contributed by atoms with E-state index in [-0.39, 0.29) is 11.8 Å². The van der Waals surface area contributed by atoms with E-state index in [0.717, 1.165) is 0 Å². The smallest absolute Gasteiger partial charge is 0.0540 e. The van der Waals surface area contributed by atoms with Crippen LogP contribution in [-0.4, -0.2) is 20.9 Å². The van der Waals surface area contributed by atoms with Gasteiger partial charge in [-0.15, -0.1) is 10.8 Å². The van der Waals surface area contributed by atoms with E-state index < -0.39 is 10.8 Å². The van der Waals surface area contributed by atoms with Gasteiger partial charge in [0, 0.05) is 6.04 Å². The molecule has 0 aromatic heterocycles. The Morgan fingerprint density at radius 1 is 1.56 bits per heavy atom. The first-order valence-corrected chi connectivity index (χ1v) is 4.49. The molecule has 0 fully saturated rings. The lowest BCUT2D eigenvalue weighted by Gasteiger charge is -2.26. The van der Waals surface area contributed by atoms with Crippen molar-refractivity contribution in [3.05, 3.63) is 0 Å². The van der Waals surface area contributed by atoms with E-state index in [4.69, 9.17) is 20.0 Å². The molecule has 9 heavy (non-hydrogen) atoms. The first-order chi connectivity index (χ1) is 3.92. The Morgan fingerprint density at radius 2 is 2.00 bits per heavy atom. The van der Waals surface area contributed by atoms with E-state index in [1.807, 2.05) is 0 Å². The summed E-state index contributed by atoms with van der Waals surface area (Å²) >= 11 is 0. The van der Waals surface area contributed by atoms with Crippen LogP contribution in [0, 0.1) is 0 Å². The van der Waals surface area contributed by atoms with Crippen LogP contribution < -0.4 is 10.9 Å². The number of hydrogen-bond acceptors (Lipinski definition) is 4. The van der Waals surface area contributed by atoms with Gasteiger partial charge in [0.2, 0.25) is 0 Å². The Kier molecular flexibility index (Phi) is 3.45. The first kappa shape index (κ1) is 9.19. The Balaban J connectivity index is 3.28. The van der Waals surface area contributed by atoms with Crippen molar-refractivity contribution >= 4 is 10.8 Å². The normalized spacial score (nSPS) is 17.4. The van der Waals surface area contributed by atoms with Crippen LogP contribution in [-0.2, 0) is 0 Å². The molecule has 0 rings (SSSR count). The van der Waals surface area contributed by atoms with Gasteiger partial charge in [-0.1, -0.05) is 0 Å². The summed E-state index contributed by atoms with van der Waals surface area (Å²) in [5.74, 6) is 0.199. The highest BCUT2D eigenvalue weighted by molar-refractivity contribution is 8.22. The highest BCUT2D eigenvalue weighted by Crippen LogP contribution is 2.28. The van der Waals surface area contributed by atoms with Crippen LogP contribution in [0.2, 0.25) is 0 Å². The second-order valence-electron chi connectivity index (χ2n) is 2.19. The fourth-order valence-corrected chi connectivity index (χ4v) is 1.08. The summed E-state index contributed by atoms with van der Waals surface area (Å²) in [6.07, 6.45) is 0.554. The van der Waals surface area contributed by atoms with E-state index in [0.29, 0.717) is 6.42 Å². The fourth-order valence-electron chi connectivity index (χ4n) is 0.359. The minimum atomic E-state index is -2.80. The zero-order valence-corrected chi connectivity index (χ0v) is 6.27. The van der Waals surface area contributed by atoms with Crippen molar-refractivity contribution in [1.82, 2.24) is 0 Å².